The van der Waals surface area contributed by atoms with Gasteiger partial charge < -0.3 is 5.32 Å². The lowest BCUT2D eigenvalue weighted by atomic mass is 10.0. The molecule has 15 heavy (non-hydrogen) atoms. The van der Waals surface area contributed by atoms with Gasteiger partial charge in [-0.25, -0.2) is 0 Å². The van der Waals surface area contributed by atoms with Crippen LogP contribution in [0.15, 0.2) is 31.0 Å². The smallest absolute Gasteiger partial charge is 0.0372 e. The Morgan fingerprint density at radius 3 is 2.87 bits per heavy atom. The van der Waals surface area contributed by atoms with E-state index in [9.17, 15) is 0 Å². The predicted molar refractivity (Wildman–Crippen MR) is 64.8 cm³/mol. The Kier molecular flexibility index (Phi) is 5.05. The minimum atomic E-state index is 0.404. The zero-order chi connectivity index (χ0) is 11.1. The summed E-state index contributed by atoms with van der Waals surface area (Å²) in [5.74, 6) is 0. The third-order valence-electron chi connectivity index (χ3n) is 2.45. The number of hydrogen-bond donors (Lipinski definition) is 1. The first kappa shape index (κ1) is 11.9. The number of pyridine rings is 1. The Labute approximate surface area is 92.4 Å². The van der Waals surface area contributed by atoms with Gasteiger partial charge in [0.2, 0.25) is 0 Å². The van der Waals surface area contributed by atoms with E-state index in [1.807, 2.05) is 19.2 Å². The van der Waals surface area contributed by atoms with Crippen molar-refractivity contribution >= 4 is 0 Å². The van der Waals surface area contributed by atoms with E-state index in [-0.39, 0.29) is 0 Å². The lowest BCUT2D eigenvalue weighted by Crippen LogP contribution is -2.20. The summed E-state index contributed by atoms with van der Waals surface area (Å²) in [6.45, 7) is 8.88. The molecule has 0 saturated heterocycles. The fourth-order valence-electron chi connectivity index (χ4n) is 1.60. The molecule has 0 fully saturated rings. The van der Waals surface area contributed by atoms with Crippen LogP contribution < -0.4 is 5.32 Å². The van der Waals surface area contributed by atoms with E-state index in [1.165, 1.54) is 5.56 Å². The third-order valence-corrected chi connectivity index (χ3v) is 2.45. The van der Waals surface area contributed by atoms with Gasteiger partial charge in [0.25, 0.3) is 0 Å². The minimum absolute atomic E-state index is 0.404. The predicted octanol–water partition coefficient (Wildman–Crippen LogP) is 3.01. The molecule has 0 aliphatic carbocycles. The maximum Gasteiger partial charge on any atom is 0.0372 e. The fraction of sp³-hybridized carbons (Fsp3) is 0.462. The molecule has 1 atom stereocenters. The molecular formula is C13H20N2. The van der Waals surface area contributed by atoms with Crippen molar-refractivity contribution in [3.8, 4) is 0 Å². The molecule has 1 N–H and O–H groups in total. The van der Waals surface area contributed by atoms with Crippen LogP contribution >= 0.6 is 0 Å². The van der Waals surface area contributed by atoms with Crippen molar-refractivity contribution in [3.05, 3.63) is 42.2 Å². The first-order chi connectivity index (χ1) is 7.27. The van der Waals surface area contributed by atoms with Crippen LogP contribution in [0, 0.1) is 6.92 Å². The molecule has 2 heteroatoms. The molecule has 0 amide bonds. The maximum absolute atomic E-state index is 4.32. The minimum Gasteiger partial charge on any atom is -0.310 e. The Morgan fingerprint density at radius 1 is 1.53 bits per heavy atom. The van der Waals surface area contributed by atoms with Gasteiger partial charge in [-0.2, -0.15) is 0 Å². The second kappa shape index (κ2) is 6.36. The summed E-state index contributed by atoms with van der Waals surface area (Å²) in [5.41, 5.74) is 2.34. The van der Waals surface area contributed by atoms with Gasteiger partial charge in [-0.15, -0.1) is 6.58 Å². The molecule has 1 heterocycles. The van der Waals surface area contributed by atoms with Crippen molar-refractivity contribution in [1.29, 1.82) is 0 Å². The molecule has 1 unspecified atom stereocenters. The van der Waals surface area contributed by atoms with Gasteiger partial charge in [-0.1, -0.05) is 19.1 Å². The molecule has 1 aromatic heterocycles. The average molecular weight is 204 g/mol. The van der Waals surface area contributed by atoms with Crippen LogP contribution in [0.5, 0.6) is 0 Å². The highest BCUT2D eigenvalue weighted by Gasteiger charge is 2.08. The highest BCUT2D eigenvalue weighted by Crippen LogP contribution is 2.17. The van der Waals surface area contributed by atoms with Gasteiger partial charge in [-0.05, 0) is 37.9 Å². The van der Waals surface area contributed by atoms with Crippen molar-refractivity contribution in [1.82, 2.24) is 10.3 Å². The van der Waals surface area contributed by atoms with Gasteiger partial charge in [0.15, 0.2) is 0 Å². The van der Waals surface area contributed by atoms with Gasteiger partial charge in [0.1, 0.15) is 0 Å². The molecular weight excluding hydrogens is 184 g/mol. The van der Waals surface area contributed by atoms with Gasteiger partial charge in [0, 0.05) is 17.9 Å². The Balaban J connectivity index is 2.69. The first-order valence-corrected chi connectivity index (χ1v) is 5.54. The molecule has 82 valence electrons. The molecule has 2 nitrogen and oxygen atoms in total. The number of allylic oxidation sites excluding steroid dienone is 1. The summed E-state index contributed by atoms with van der Waals surface area (Å²) in [4.78, 5) is 4.32. The molecule has 0 bridgehead atoms. The average Bonchev–Trinajstić information content (AvgIpc) is 2.25. The monoisotopic (exact) mass is 204 g/mol. The van der Waals surface area contributed by atoms with Gasteiger partial charge in [0.05, 0.1) is 0 Å². The number of hydrogen-bond acceptors (Lipinski definition) is 2. The Morgan fingerprint density at radius 2 is 2.33 bits per heavy atom. The van der Waals surface area contributed by atoms with Crippen LogP contribution in [0.25, 0.3) is 0 Å². The zero-order valence-corrected chi connectivity index (χ0v) is 9.66. The number of nitrogens with zero attached hydrogens (tertiary/aromatic N) is 1. The van der Waals surface area contributed by atoms with Crippen LogP contribution in [0.3, 0.4) is 0 Å². The van der Waals surface area contributed by atoms with Gasteiger partial charge >= 0.3 is 0 Å². The van der Waals surface area contributed by atoms with E-state index >= 15 is 0 Å². The van der Waals surface area contributed by atoms with Crippen molar-refractivity contribution in [3.63, 3.8) is 0 Å². The quantitative estimate of drug-likeness (QED) is 0.720. The van der Waals surface area contributed by atoms with E-state index in [1.54, 1.807) is 0 Å². The molecule has 0 aliphatic heterocycles. The summed E-state index contributed by atoms with van der Waals surface area (Å²) in [6, 6.07) is 4.62. The standard InChI is InChI=1S/C13H20N2/c1-4-6-7-13(14-5-2)12-9-8-11(3)15-10-12/h4,8-10,13-14H,1,5-7H2,2-3H3. The largest absolute Gasteiger partial charge is 0.310 e. The second-order valence-corrected chi connectivity index (χ2v) is 3.71. The van der Waals surface area contributed by atoms with E-state index in [2.05, 4.69) is 35.9 Å². The number of rotatable bonds is 6. The van der Waals surface area contributed by atoms with E-state index in [0.29, 0.717) is 6.04 Å². The lowest BCUT2D eigenvalue weighted by Gasteiger charge is -2.17. The molecule has 0 aromatic carbocycles. The normalized spacial score (nSPS) is 12.4. The van der Waals surface area contributed by atoms with Crippen molar-refractivity contribution in [2.75, 3.05) is 6.54 Å². The highest BCUT2D eigenvalue weighted by atomic mass is 14.9. The van der Waals surface area contributed by atoms with E-state index in [4.69, 9.17) is 0 Å². The molecule has 1 rings (SSSR count). The maximum atomic E-state index is 4.32. The second-order valence-electron chi connectivity index (χ2n) is 3.71. The van der Waals surface area contributed by atoms with Crippen molar-refractivity contribution in [2.24, 2.45) is 0 Å². The number of nitrogens with one attached hydrogen (secondary N) is 1. The molecule has 0 spiro atoms. The Hall–Kier alpha value is -1.15. The van der Waals surface area contributed by atoms with Crippen molar-refractivity contribution < 1.29 is 0 Å². The topological polar surface area (TPSA) is 24.9 Å². The lowest BCUT2D eigenvalue weighted by molar-refractivity contribution is 0.518. The van der Waals surface area contributed by atoms with Crippen LogP contribution in [-0.4, -0.2) is 11.5 Å². The third kappa shape index (κ3) is 3.84. The highest BCUT2D eigenvalue weighted by molar-refractivity contribution is 5.17. The summed E-state index contributed by atoms with van der Waals surface area (Å²) >= 11 is 0. The fourth-order valence-corrected chi connectivity index (χ4v) is 1.60. The van der Waals surface area contributed by atoms with Crippen molar-refractivity contribution in [2.45, 2.75) is 32.7 Å². The zero-order valence-electron chi connectivity index (χ0n) is 9.66. The van der Waals surface area contributed by atoms with Crippen LogP contribution in [0.4, 0.5) is 0 Å². The number of aryl methyl sites for hydroxylation is 1. The van der Waals surface area contributed by atoms with E-state index < -0.39 is 0 Å². The summed E-state index contributed by atoms with van der Waals surface area (Å²) in [5, 5.41) is 3.47. The molecule has 0 aliphatic rings. The summed E-state index contributed by atoms with van der Waals surface area (Å²) in [6.07, 6.45) is 6.05. The summed E-state index contributed by atoms with van der Waals surface area (Å²) in [7, 11) is 0. The van der Waals surface area contributed by atoms with Crippen LogP contribution in [0.2, 0.25) is 0 Å². The van der Waals surface area contributed by atoms with Crippen LogP contribution in [-0.2, 0) is 0 Å². The molecule has 0 radical (unpaired) electrons. The van der Waals surface area contributed by atoms with Crippen LogP contribution in [0.1, 0.15) is 37.1 Å². The number of aromatic nitrogens is 1. The van der Waals surface area contributed by atoms with E-state index in [0.717, 1.165) is 25.1 Å². The SMILES string of the molecule is C=CCCC(NCC)c1ccc(C)nc1. The molecule has 0 saturated carbocycles. The molecule has 1 aromatic rings. The Bertz CT molecular complexity index is 290. The first-order valence-electron chi connectivity index (χ1n) is 5.54. The summed E-state index contributed by atoms with van der Waals surface area (Å²) < 4.78 is 0. The van der Waals surface area contributed by atoms with Gasteiger partial charge in [-0.3, -0.25) is 4.98 Å².